The number of hydrogen-bond donors (Lipinski definition) is 1. The molecule has 164 valence electrons. The average Bonchev–Trinajstić information content (AvgIpc) is 3.13. The van der Waals surface area contributed by atoms with E-state index < -0.39 is 35.1 Å². The number of alkyl halides is 3. The van der Waals surface area contributed by atoms with Crippen molar-refractivity contribution in [3.8, 4) is 11.4 Å². The fourth-order valence-corrected chi connectivity index (χ4v) is 3.24. The third kappa shape index (κ3) is 3.86. The lowest BCUT2D eigenvalue weighted by Gasteiger charge is -2.13. The van der Waals surface area contributed by atoms with Crippen LogP contribution in [-0.4, -0.2) is 22.6 Å². The molecular weight excluding hydrogens is 433 g/mol. The van der Waals surface area contributed by atoms with E-state index in [0.29, 0.717) is 5.75 Å². The maximum absolute atomic E-state index is 13.8. The number of carbonyl (C=O) groups excluding carboxylic acids is 1. The zero-order chi connectivity index (χ0) is 23.0. The van der Waals surface area contributed by atoms with Crippen molar-refractivity contribution in [2.24, 2.45) is 0 Å². The van der Waals surface area contributed by atoms with Gasteiger partial charge in [0.25, 0.3) is 5.91 Å². The van der Waals surface area contributed by atoms with Crippen LogP contribution in [-0.2, 0) is 6.18 Å². The molecule has 3 aromatic carbocycles. The summed E-state index contributed by atoms with van der Waals surface area (Å²) >= 11 is 0. The van der Waals surface area contributed by atoms with Crippen LogP contribution in [0, 0.1) is 11.6 Å². The van der Waals surface area contributed by atoms with Crippen LogP contribution in [0.25, 0.3) is 16.7 Å². The van der Waals surface area contributed by atoms with E-state index in [2.05, 4.69) is 10.3 Å². The maximum atomic E-state index is 13.8. The van der Waals surface area contributed by atoms with Gasteiger partial charge in [0.05, 0.1) is 18.1 Å². The van der Waals surface area contributed by atoms with Crippen molar-refractivity contribution in [2.45, 2.75) is 6.18 Å². The molecule has 0 radical (unpaired) electrons. The summed E-state index contributed by atoms with van der Waals surface area (Å²) in [6.45, 7) is 0. The molecule has 32 heavy (non-hydrogen) atoms. The van der Waals surface area contributed by atoms with Crippen LogP contribution in [0.1, 0.15) is 16.2 Å². The molecule has 1 heterocycles. The molecule has 0 aliphatic carbocycles. The van der Waals surface area contributed by atoms with Crippen molar-refractivity contribution in [2.75, 3.05) is 12.4 Å². The van der Waals surface area contributed by atoms with Gasteiger partial charge in [0.1, 0.15) is 22.9 Å². The number of aromatic nitrogens is 2. The first kappa shape index (κ1) is 21.3. The molecule has 1 aromatic heterocycles. The number of halogens is 5. The lowest BCUT2D eigenvalue weighted by molar-refractivity contribution is -0.145. The molecule has 0 aliphatic rings. The Bertz CT molecular complexity index is 1290. The van der Waals surface area contributed by atoms with Gasteiger partial charge in [0, 0.05) is 17.4 Å². The van der Waals surface area contributed by atoms with Gasteiger partial charge in [-0.2, -0.15) is 13.2 Å². The maximum Gasteiger partial charge on any atom is 0.450 e. The van der Waals surface area contributed by atoms with E-state index in [-0.39, 0.29) is 22.4 Å². The summed E-state index contributed by atoms with van der Waals surface area (Å²) in [7, 11) is 1.39. The number of hydrogen-bond acceptors (Lipinski definition) is 3. The van der Waals surface area contributed by atoms with Gasteiger partial charge in [-0.05, 0) is 48.5 Å². The smallest absolute Gasteiger partial charge is 0.450 e. The standard InChI is InChI=1S/C22H14F5N3O2/c1-32-14-9-10-18-17(11-14)29-21(22(25,26)27)30(18)13-7-5-12(6-8-13)28-20(31)19-15(23)3-2-4-16(19)24/h2-11H,1H3,(H,28,31). The number of benzene rings is 3. The minimum absolute atomic E-state index is 0.0871. The van der Waals surface area contributed by atoms with Crippen molar-refractivity contribution in [1.82, 2.24) is 9.55 Å². The first-order valence-corrected chi connectivity index (χ1v) is 9.18. The number of carbonyl (C=O) groups is 1. The monoisotopic (exact) mass is 447 g/mol. The molecule has 0 bridgehead atoms. The van der Waals surface area contributed by atoms with Crippen LogP contribution in [0.4, 0.5) is 27.6 Å². The molecular formula is C22H14F5N3O2. The Hall–Kier alpha value is -3.95. The molecule has 0 saturated heterocycles. The number of methoxy groups -OCH3 is 1. The number of nitrogens with zero attached hydrogens (tertiary/aromatic N) is 2. The Morgan fingerprint density at radius 3 is 2.25 bits per heavy atom. The van der Waals surface area contributed by atoms with Gasteiger partial charge < -0.3 is 10.1 Å². The molecule has 10 heteroatoms. The van der Waals surface area contributed by atoms with E-state index in [0.717, 1.165) is 22.8 Å². The third-order valence-electron chi connectivity index (χ3n) is 4.69. The van der Waals surface area contributed by atoms with Gasteiger partial charge in [-0.1, -0.05) is 6.07 Å². The summed E-state index contributed by atoms with van der Waals surface area (Å²) < 4.78 is 74.4. The summed E-state index contributed by atoms with van der Waals surface area (Å²) in [6, 6.07) is 12.7. The molecule has 0 aliphatic heterocycles. The van der Waals surface area contributed by atoms with Crippen LogP contribution >= 0.6 is 0 Å². The van der Waals surface area contributed by atoms with Crippen molar-refractivity contribution in [3.05, 3.63) is 83.7 Å². The van der Waals surface area contributed by atoms with Gasteiger partial charge in [-0.25, -0.2) is 13.8 Å². The SMILES string of the molecule is COc1ccc2c(c1)nc(C(F)(F)F)n2-c1ccc(NC(=O)c2c(F)cccc2F)cc1. The number of rotatable bonds is 4. The predicted molar refractivity (Wildman–Crippen MR) is 107 cm³/mol. The molecule has 0 atom stereocenters. The number of anilines is 1. The summed E-state index contributed by atoms with van der Waals surface area (Å²) in [5.74, 6) is -3.87. The predicted octanol–water partition coefficient (Wildman–Crippen LogP) is 5.58. The van der Waals surface area contributed by atoms with E-state index >= 15 is 0 Å². The average molecular weight is 447 g/mol. The second-order valence-electron chi connectivity index (χ2n) is 6.72. The minimum atomic E-state index is -4.73. The Labute approximate surface area is 178 Å². The highest BCUT2D eigenvalue weighted by Gasteiger charge is 2.38. The number of ether oxygens (including phenoxy) is 1. The normalized spacial score (nSPS) is 11.6. The van der Waals surface area contributed by atoms with Gasteiger partial charge in [0.2, 0.25) is 5.82 Å². The molecule has 4 rings (SSSR count). The second kappa shape index (κ2) is 7.95. The van der Waals surface area contributed by atoms with E-state index in [1.54, 1.807) is 0 Å². The fraction of sp³-hybridized carbons (Fsp3) is 0.0909. The van der Waals surface area contributed by atoms with E-state index in [4.69, 9.17) is 4.74 Å². The van der Waals surface area contributed by atoms with Crippen molar-refractivity contribution >= 4 is 22.6 Å². The Morgan fingerprint density at radius 1 is 1.00 bits per heavy atom. The quantitative estimate of drug-likeness (QED) is 0.416. The number of amides is 1. The van der Waals surface area contributed by atoms with Crippen LogP contribution < -0.4 is 10.1 Å². The molecule has 4 aromatic rings. The van der Waals surface area contributed by atoms with Crippen molar-refractivity contribution in [3.63, 3.8) is 0 Å². The molecule has 0 saturated carbocycles. The zero-order valence-corrected chi connectivity index (χ0v) is 16.4. The number of fused-ring (bicyclic) bond motifs is 1. The zero-order valence-electron chi connectivity index (χ0n) is 16.4. The Balaban J connectivity index is 1.71. The largest absolute Gasteiger partial charge is 0.497 e. The Morgan fingerprint density at radius 2 is 1.66 bits per heavy atom. The van der Waals surface area contributed by atoms with Gasteiger partial charge in [0.15, 0.2) is 0 Å². The number of nitrogens with one attached hydrogen (secondary N) is 1. The van der Waals surface area contributed by atoms with Crippen LogP contribution in [0.3, 0.4) is 0 Å². The highest BCUT2D eigenvalue weighted by molar-refractivity contribution is 6.04. The molecule has 0 spiro atoms. The second-order valence-corrected chi connectivity index (χ2v) is 6.72. The molecule has 5 nitrogen and oxygen atoms in total. The van der Waals surface area contributed by atoms with Crippen LogP contribution in [0.5, 0.6) is 5.75 Å². The van der Waals surface area contributed by atoms with Gasteiger partial charge in [-0.3, -0.25) is 9.36 Å². The van der Waals surface area contributed by atoms with Crippen molar-refractivity contribution in [1.29, 1.82) is 0 Å². The first-order chi connectivity index (χ1) is 15.2. The van der Waals surface area contributed by atoms with Crippen LogP contribution in [0.15, 0.2) is 60.7 Å². The van der Waals surface area contributed by atoms with E-state index in [9.17, 15) is 26.7 Å². The lowest BCUT2D eigenvalue weighted by Crippen LogP contribution is -2.16. The molecule has 0 fully saturated rings. The molecule has 1 N–H and O–H groups in total. The van der Waals surface area contributed by atoms with Gasteiger partial charge >= 0.3 is 6.18 Å². The number of imidazole rings is 1. The lowest BCUT2D eigenvalue weighted by atomic mass is 10.1. The first-order valence-electron chi connectivity index (χ1n) is 9.18. The summed E-state index contributed by atoms with van der Waals surface area (Å²) in [5.41, 5.74) is -0.209. The topological polar surface area (TPSA) is 56.1 Å². The fourth-order valence-electron chi connectivity index (χ4n) is 3.24. The van der Waals surface area contributed by atoms with Crippen molar-refractivity contribution < 1.29 is 31.5 Å². The summed E-state index contributed by atoms with van der Waals surface area (Å²) in [5, 5.41) is 2.33. The Kier molecular flexibility index (Phi) is 5.29. The third-order valence-corrected chi connectivity index (χ3v) is 4.69. The summed E-state index contributed by atoms with van der Waals surface area (Å²) in [6.07, 6.45) is -4.73. The van der Waals surface area contributed by atoms with Gasteiger partial charge in [-0.15, -0.1) is 0 Å². The highest BCUT2D eigenvalue weighted by Crippen LogP contribution is 2.35. The summed E-state index contributed by atoms with van der Waals surface area (Å²) in [4.78, 5) is 15.9. The van der Waals surface area contributed by atoms with E-state index in [1.807, 2.05) is 0 Å². The minimum Gasteiger partial charge on any atom is -0.497 e. The van der Waals surface area contributed by atoms with E-state index in [1.165, 1.54) is 49.6 Å². The molecule has 1 amide bonds. The molecule has 0 unspecified atom stereocenters. The highest BCUT2D eigenvalue weighted by atomic mass is 19.4. The van der Waals surface area contributed by atoms with Crippen LogP contribution in [0.2, 0.25) is 0 Å².